The number of allylic oxidation sites excluding steroid dienone is 1. The largest absolute Gasteiger partial charge is 0.490 e. The van der Waals surface area contributed by atoms with E-state index in [0.29, 0.717) is 56.0 Å². The summed E-state index contributed by atoms with van der Waals surface area (Å²) in [7, 11) is 0. The Hall–Kier alpha value is -4.14. The molecule has 40 heavy (non-hydrogen) atoms. The van der Waals surface area contributed by atoms with Gasteiger partial charge in [0, 0.05) is 10.7 Å². The number of hydrogen-bond donors (Lipinski definition) is 1. The summed E-state index contributed by atoms with van der Waals surface area (Å²) < 4.78 is 13.5. The van der Waals surface area contributed by atoms with E-state index in [1.807, 2.05) is 80.6 Å². The predicted molar refractivity (Wildman–Crippen MR) is 159 cm³/mol. The number of halogens is 1. The lowest BCUT2D eigenvalue weighted by Gasteiger charge is -2.25. The molecule has 2 heterocycles. The van der Waals surface area contributed by atoms with Crippen LogP contribution in [-0.4, -0.2) is 23.7 Å². The Labute approximate surface area is 240 Å². The number of fused-ring (bicyclic) bond motifs is 1. The molecule has 0 radical (unpaired) electrons. The zero-order valence-corrected chi connectivity index (χ0v) is 23.9. The Balaban J connectivity index is 1.63. The van der Waals surface area contributed by atoms with Gasteiger partial charge in [0.05, 0.1) is 35.1 Å². The molecule has 1 aliphatic heterocycles. The number of para-hydroxylation sites is 1. The molecule has 4 aromatic rings. The summed E-state index contributed by atoms with van der Waals surface area (Å²) in [6.07, 6.45) is 1.81. The van der Waals surface area contributed by atoms with Gasteiger partial charge in [-0.3, -0.25) is 14.2 Å². The van der Waals surface area contributed by atoms with E-state index in [2.05, 4.69) is 5.32 Å². The molecule has 0 aliphatic carbocycles. The minimum Gasteiger partial charge on any atom is -0.490 e. The molecule has 9 heteroatoms. The number of rotatable bonds is 8. The molecule has 0 saturated heterocycles. The van der Waals surface area contributed by atoms with Gasteiger partial charge in [-0.2, -0.15) is 0 Å². The molecule has 3 aromatic carbocycles. The average Bonchev–Trinajstić information content (AvgIpc) is 3.24. The average molecular weight is 574 g/mol. The second-order valence-corrected chi connectivity index (χ2v) is 10.5. The van der Waals surface area contributed by atoms with Crippen molar-refractivity contribution in [1.29, 1.82) is 0 Å². The SMILES string of the molecule is CCOc1ccc(/C=c2\sc3n(c2=O)[C@H](c2ccc(Cl)cc2)C(C(=O)Nc2ccccc2)=C(C)N=3)cc1OCC. The van der Waals surface area contributed by atoms with Gasteiger partial charge < -0.3 is 14.8 Å². The highest BCUT2D eigenvalue weighted by Crippen LogP contribution is 2.32. The molecule has 5 rings (SSSR count). The summed E-state index contributed by atoms with van der Waals surface area (Å²) in [5.74, 6) is 0.936. The molecule has 0 fully saturated rings. The van der Waals surface area contributed by atoms with Crippen molar-refractivity contribution < 1.29 is 14.3 Å². The number of hydrogen-bond acceptors (Lipinski definition) is 6. The molecule has 0 saturated carbocycles. The first-order valence-corrected chi connectivity index (χ1v) is 14.1. The highest BCUT2D eigenvalue weighted by Gasteiger charge is 2.32. The first kappa shape index (κ1) is 27.4. The summed E-state index contributed by atoms with van der Waals surface area (Å²) >= 11 is 7.45. The Morgan fingerprint density at radius 2 is 1.73 bits per heavy atom. The molecule has 204 valence electrons. The molecule has 1 N–H and O–H groups in total. The molecule has 0 bridgehead atoms. The molecular weight excluding hydrogens is 546 g/mol. The van der Waals surface area contributed by atoms with Gasteiger partial charge in [0.15, 0.2) is 16.3 Å². The number of amides is 1. The molecule has 0 spiro atoms. The Bertz CT molecular complexity index is 1760. The maximum atomic E-state index is 13.9. The molecule has 1 aromatic heterocycles. The maximum absolute atomic E-state index is 13.9. The van der Waals surface area contributed by atoms with Gasteiger partial charge in [0.25, 0.3) is 11.5 Å². The predicted octanol–water partition coefficient (Wildman–Crippen LogP) is 5.32. The topological polar surface area (TPSA) is 81.9 Å². The second kappa shape index (κ2) is 11.9. The van der Waals surface area contributed by atoms with Crippen molar-refractivity contribution in [1.82, 2.24) is 4.57 Å². The van der Waals surface area contributed by atoms with Crippen LogP contribution in [0.4, 0.5) is 5.69 Å². The van der Waals surface area contributed by atoms with E-state index in [4.69, 9.17) is 26.1 Å². The van der Waals surface area contributed by atoms with Crippen molar-refractivity contribution >= 4 is 40.6 Å². The lowest BCUT2D eigenvalue weighted by Crippen LogP contribution is -2.40. The Morgan fingerprint density at radius 1 is 1.02 bits per heavy atom. The summed E-state index contributed by atoms with van der Waals surface area (Å²) in [5, 5.41) is 3.52. The fraction of sp³-hybridized carbons (Fsp3) is 0.194. The summed E-state index contributed by atoms with van der Waals surface area (Å²) in [4.78, 5) is 32.8. The van der Waals surface area contributed by atoms with Crippen molar-refractivity contribution in [3.8, 4) is 11.5 Å². The zero-order chi connectivity index (χ0) is 28.2. The number of carbonyl (C=O) groups excluding carboxylic acids is 1. The van der Waals surface area contributed by atoms with Crippen LogP contribution in [0, 0.1) is 0 Å². The Kier molecular flexibility index (Phi) is 8.19. The highest BCUT2D eigenvalue weighted by atomic mass is 35.5. The van der Waals surface area contributed by atoms with Gasteiger partial charge in [-0.15, -0.1) is 0 Å². The fourth-order valence-corrected chi connectivity index (χ4v) is 5.77. The third-order valence-corrected chi connectivity index (χ3v) is 7.58. The number of aromatic nitrogens is 1. The number of ether oxygens (including phenoxy) is 2. The lowest BCUT2D eigenvalue weighted by molar-refractivity contribution is -0.113. The molecule has 0 unspecified atom stereocenters. The standard InChI is InChI=1S/C31H28ClN3O4S/c1-4-38-24-16-11-20(17-25(24)39-5-2)18-26-30(37)35-28(21-12-14-22(32)15-13-21)27(19(3)33-31(35)40-26)29(36)34-23-9-7-6-8-10-23/h6-18,28H,4-5H2,1-3H3,(H,34,36)/b26-18-/t28-/m1/s1. The molecule has 1 aliphatic rings. The van der Waals surface area contributed by atoms with Gasteiger partial charge in [0.2, 0.25) is 0 Å². The van der Waals surface area contributed by atoms with Crippen molar-refractivity contribution in [2.24, 2.45) is 4.99 Å². The third kappa shape index (κ3) is 5.59. The third-order valence-electron chi connectivity index (χ3n) is 6.35. The van der Waals surface area contributed by atoms with E-state index in [9.17, 15) is 9.59 Å². The van der Waals surface area contributed by atoms with Crippen LogP contribution in [0.3, 0.4) is 0 Å². The summed E-state index contributed by atoms with van der Waals surface area (Å²) in [6, 6.07) is 21.3. The number of nitrogens with zero attached hydrogens (tertiary/aromatic N) is 2. The van der Waals surface area contributed by atoms with Crippen molar-refractivity contribution in [2.75, 3.05) is 18.5 Å². The van der Waals surface area contributed by atoms with Crippen LogP contribution >= 0.6 is 22.9 Å². The van der Waals surface area contributed by atoms with Crippen LogP contribution in [0.2, 0.25) is 5.02 Å². The Morgan fingerprint density at radius 3 is 2.42 bits per heavy atom. The van der Waals surface area contributed by atoms with E-state index in [1.165, 1.54) is 11.3 Å². The van der Waals surface area contributed by atoms with Crippen molar-refractivity contribution in [3.63, 3.8) is 0 Å². The van der Waals surface area contributed by atoms with E-state index in [-0.39, 0.29) is 11.5 Å². The second-order valence-electron chi connectivity index (χ2n) is 9.03. The summed E-state index contributed by atoms with van der Waals surface area (Å²) in [6.45, 7) is 6.62. The first-order valence-electron chi connectivity index (χ1n) is 12.9. The van der Waals surface area contributed by atoms with Crippen molar-refractivity contribution in [2.45, 2.75) is 26.8 Å². The van der Waals surface area contributed by atoms with E-state index in [0.717, 1.165) is 11.1 Å². The molecule has 1 amide bonds. The number of anilines is 1. The number of carbonyl (C=O) groups is 1. The van der Waals surface area contributed by atoms with Gasteiger partial charge in [-0.1, -0.05) is 59.3 Å². The molecule has 7 nitrogen and oxygen atoms in total. The molecule has 1 atom stereocenters. The highest BCUT2D eigenvalue weighted by molar-refractivity contribution is 7.07. The number of nitrogens with one attached hydrogen (secondary N) is 1. The minimum atomic E-state index is -0.682. The van der Waals surface area contributed by atoms with E-state index < -0.39 is 6.04 Å². The van der Waals surface area contributed by atoms with Gasteiger partial charge in [0.1, 0.15) is 0 Å². The van der Waals surface area contributed by atoms with Crippen LogP contribution in [0.25, 0.3) is 6.08 Å². The molecular formula is C31H28ClN3O4S. The zero-order valence-electron chi connectivity index (χ0n) is 22.3. The lowest BCUT2D eigenvalue weighted by atomic mass is 9.95. The smallest absolute Gasteiger partial charge is 0.271 e. The van der Waals surface area contributed by atoms with E-state index >= 15 is 0 Å². The minimum absolute atomic E-state index is 0.243. The first-order chi connectivity index (χ1) is 19.4. The van der Waals surface area contributed by atoms with Gasteiger partial charge in [-0.05, 0) is 74.4 Å². The van der Waals surface area contributed by atoms with Crippen LogP contribution in [0.5, 0.6) is 11.5 Å². The number of benzene rings is 3. The maximum Gasteiger partial charge on any atom is 0.271 e. The normalized spacial score (nSPS) is 14.9. The van der Waals surface area contributed by atoms with Crippen LogP contribution < -0.4 is 29.7 Å². The van der Waals surface area contributed by atoms with Crippen molar-refractivity contribution in [3.05, 3.63) is 120 Å². The number of thiazole rings is 1. The van der Waals surface area contributed by atoms with Crippen LogP contribution in [0.1, 0.15) is 37.9 Å². The van der Waals surface area contributed by atoms with Crippen LogP contribution in [0.15, 0.2) is 93.9 Å². The van der Waals surface area contributed by atoms with E-state index in [1.54, 1.807) is 23.6 Å². The van der Waals surface area contributed by atoms with Gasteiger partial charge >= 0.3 is 0 Å². The van der Waals surface area contributed by atoms with Gasteiger partial charge in [-0.25, -0.2) is 4.99 Å². The fourth-order valence-electron chi connectivity index (χ4n) is 4.60. The monoisotopic (exact) mass is 573 g/mol. The van der Waals surface area contributed by atoms with Crippen LogP contribution in [-0.2, 0) is 4.79 Å². The quantitative estimate of drug-likeness (QED) is 0.309. The summed E-state index contributed by atoms with van der Waals surface area (Å²) in [5.41, 5.74) is 2.89.